The van der Waals surface area contributed by atoms with E-state index in [0.29, 0.717) is 31.6 Å². The maximum Gasteiger partial charge on any atom is 0.270 e. The zero-order valence-corrected chi connectivity index (χ0v) is 12.8. The highest BCUT2D eigenvalue weighted by Gasteiger charge is 2.33. The molecule has 1 N–H and O–H groups in total. The zero-order valence-electron chi connectivity index (χ0n) is 12.8. The van der Waals surface area contributed by atoms with Crippen molar-refractivity contribution in [2.24, 2.45) is 5.10 Å². The smallest absolute Gasteiger partial charge is 0.270 e. The van der Waals surface area contributed by atoms with Crippen molar-refractivity contribution >= 4 is 17.5 Å². The summed E-state index contributed by atoms with van der Waals surface area (Å²) in [6, 6.07) is 0.0521. The third-order valence-electron chi connectivity index (χ3n) is 4.22. The number of nitrogens with zero attached hydrogens (tertiary/aromatic N) is 5. The molecule has 0 aliphatic carbocycles. The molecule has 3 rings (SSSR count). The molecule has 0 unspecified atom stereocenters. The van der Waals surface area contributed by atoms with Gasteiger partial charge in [-0.25, -0.2) is 9.99 Å². The van der Waals surface area contributed by atoms with E-state index in [1.807, 2.05) is 7.05 Å². The first kappa shape index (κ1) is 14.7. The quantitative estimate of drug-likeness (QED) is 0.822. The number of carbonyl (C=O) groups is 2. The molecule has 2 amide bonds. The van der Waals surface area contributed by atoms with Gasteiger partial charge in [-0.15, -0.1) is 0 Å². The fourth-order valence-corrected chi connectivity index (χ4v) is 2.82. The molecule has 1 fully saturated rings. The maximum absolute atomic E-state index is 12.6. The van der Waals surface area contributed by atoms with Crippen LogP contribution < -0.4 is 0 Å². The van der Waals surface area contributed by atoms with Gasteiger partial charge in [0.05, 0.1) is 6.04 Å². The van der Waals surface area contributed by atoms with E-state index in [0.717, 1.165) is 12.4 Å². The van der Waals surface area contributed by atoms with Crippen LogP contribution in [0.25, 0.3) is 0 Å². The summed E-state index contributed by atoms with van der Waals surface area (Å²) in [5, 5.41) is 5.38. The molecule has 2 aliphatic rings. The van der Waals surface area contributed by atoms with Crippen molar-refractivity contribution in [3.05, 3.63) is 18.2 Å². The SMILES string of the molecule is CN1N=C(C(=O)N2CCN(C)[C@@H](c3ncc[nH]3)C2)CCC1=O. The number of nitrogens with one attached hydrogen (secondary N) is 1. The number of carbonyl (C=O) groups excluding carboxylic acids is 2. The van der Waals surface area contributed by atoms with Crippen LogP contribution in [0.4, 0.5) is 0 Å². The number of piperazine rings is 1. The minimum Gasteiger partial charge on any atom is -0.347 e. The largest absolute Gasteiger partial charge is 0.347 e. The van der Waals surface area contributed by atoms with Gasteiger partial charge in [0, 0.05) is 51.9 Å². The van der Waals surface area contributed by atoms with E-state index in [1.165, 1.54) is 5.01 Å². The molecule has 8 nitrogen and oxygen atoms in total. The molecule has 1 saturated heterocycles. The lowest BCUT2D eigenvalue weighted by molar-refractivity contribution is -0.131. The summed E-state index contributed by atoms with van der Waals surface area (Å²) in [5.41, 5.74) is 0.463. The highest BCUT2D eigenvalue weighted by molar-refractivity contribution is 6.39. The van der Waals surface area contributed by atoms with E-state index in [-0.39, 0.29) is 17.9 Å². The highest BCUT2D eigenvalue weighted by atomic mass is 16.2. The topological polar surface area (TPSA) is 84.9 Å². The van der Waals surface area contributed by atoms with E-state index in [2.05, 4.69) is 20.0 Å². The van der Waals surface area contributed by atoms with Gasteiger partial charge < -0.3 is 9.88 Å². The van der Waals surface area contributed by atoms with Crippen molar-refractivity contribution in [1.82, 2.24) is 24.8 Å². The van der Waals surface area contributed by atoms with E-state index in [4.69, 9.17) is 0 Å². The van der Waals surface area contributed by atoms with Gasteiger partial charge in [0.1, 0.15) is 11.5 Å². The maximum atomic E-state index is 12.6. The molecule has 0 radical (unpaired) electrons. The van der Waals surface area contributed by atoms with Crippen LogP contribution in [0, 0.1) is 0 Å². The van der Waals surface area contributed by atoms with Crippen LogP contribution in [-0.4, -0.2) is 76.0 Å². The highest BCUT2D eigenvalue weighted by Crippen LogP contribution is 2.22. The van der Waals surface area contributed by atoms with E-state index in [1.54, 1.807) is 24.3 Å². The van der Waals surface area contributed by atoms with Crippen molar-refractivity contribution in [1.29, 1.82) is 0 Å². The van der Waals surface area contributed by atoms with Gasteiger partial charge in [-0.3, -0.25) is 14.5 Å². The summed E-state index contributed by atoms with van der Waals surface area (Å²) in [6.07, 6.45) is 4.27. The fourth-order valence-electron chi connectivity index (χ4n) is 2.82. The van der Waals surface area contributed by atoms with Crippen LogP contribution in [0.1, 0.15) is 24.7 Å². The van der Waals surface area contributed by atoms with Gasteiger partial charge in [0.25, 0.3) is 5.91 Å². The number of H-pyrrole nitrogens is 1. The van der Waals surface area contributed by atoms with E-state index in [9.17, 15) is 9.59 Å². The zero-order chi connectivity index (χ0) is 15.7. The molecule has 1 atom stereocenters. The minimum absolute atomic E-state index is 0.0521. The number of hydrazone groups is 1. The van der Waals surface area contributed by atoms with Crippen LogP contribution in [0.2, 0.25) is 0 Å². The van der Waals surface area contributed by atoms with Crippen molar-refractivity contribution in [2.75, 3.05) is 33.7 Å². The fraction of sp³-hybridized carbons (Fsp3) is 0.571. The molecular formula is C14H20N6O2. The Morgan fingerprint density at radius 1 is 1.32 bits per heavy atom. The summed E-state index contributed by atoms with van der Waals surface area (Å²) in [5.74, 6) is 0.727. The molecule has 0 saturated carbocycles. The second-order valence-corrected chi connectivity index (χ2v) is 5.69. The normalized spacial score (nSPS) is 23.6. The molecule has 22 heavy (non-hydrogen) atoms. The summed E-state index contributed by atoms with van der Waals surface area (Å²) in [6.45, 7) is 2.00. The molecule has 1 aromatic rings. The first-order valence-corrected chi connectivity index (χ1v) is 7.39. The van der Waals surface area contributed by atoms with Gasteiger partial charge in [0.15, 0.2) is 0 Å². The Bertz CT molecular complexity index is 596. The molecule has 1 aromatic heterocycles. The lowest BCUT2D eigenvalue weighted by Crippen LogP contribution is -2.51. The van der Waals surface area contributed by atoms with Crippen LogP contribution in [0.15, 0.2) is 17.5 Å². The first-order chi connectivity index (χ1) is 10.6. The average molecular weight is 304 g/mol. The number of hydrogen-bond donors (Lipinski definition) is 1. The Hall–Kier alpha value is -2.22. The van der Waals surface area contributed by atoms with E-state index >= 15 is 0 Å². The molecule has 3 heterocycles. The van der Waals surface area contributed by atoms with Crippen molar-refractivity contribution in [3.63, 3.8) is 0 Å². The summed E-state index contributed by atoms with van der Waals surface area (Å²) < 4.78 is 0. The van der Waals surface area contributed by atoms with Crippen LogP contribution in [-0.2, 0) is 9.59 Å². The molecular weight excluding hydrogens is 284 g/mol. The Labute approximate surface area is 128 Å². The third-order valence-corrected chi connectivity index (χ3v) is 4.22. The van der Waals surface area contributed by atoms with Crippen molar-refractivity contribution in [2.45, 2.75) is 18.9 Å². The molecule has 0 bridgehead atoms. The van der Waals surface area contributed by atoms with Crippen molar-refractivity contribution < 1.29 is 9.59 Å². The number of likely N-dealkylation sites (N-methyl/N-ethyl adjacent to an activating group) is 1. The summed E-state index contributed by atoms with van der Waals surface area (Å²) >= 11 is 0. The van der Waals surface area contributed by atoms with Crippen LogP contribution in [0.5, 0.6) is 0 Å². The average Bonchev–Trinajstić information content (AvgIpc) is 3.04. The second-order valence-electron chi connectivity index (χ2n) is 5.69. The Kier molecular flexibility index (Phi) is 3.93. The van der Waals surface area contributed by atoms with Crippen LogP contribution >= 0.6 is 0 Å². The van der Waals surface area contributed by atoms with Gasteiger partial charge in [0.2, 0.25) is 5.91 Å². The number of aromatic nitrogens is 2. The predicted molar refractivity (Wildman–Crippen MR) is 80.0 cm³/mol. The monoisotopic (exact) mass is 304 g/mol. The number of imidazole rings is 1. The predicted octanol–water partition coefficient (Wildman–Crippen LogP) is -0.167. The van der Waals surface area contributed by atoms with Crippen LogP contribution in [0.3, 0.4) is 0 Å². The molecule has 2 aliphatic heterocycles. The van der Waals surface area contributed by atoms with Crippen molar-refractivity contribution in [3.8, 4) is 0 Å². The second kappa shape index (κ2) is 5.88. The Balaban J connectivity index is 1.73. The molecule has 8 heteroatoms. The number of hydrogen-bond acceptors (Lipinski definition) is 5. The Morgan fingerprint density at radius 2 is 2.14 bits per heavy atom. The van der Waals surface area contributed by atoms with E-state index < -0.39 is 0 Å². The summed E-state index contributed by atoms with van der Waals surface area (Å²) in [7, 11) is 3.62. The molecule has 0 spiro atoms. The number of aromatic amines is 1. The lowest BCUT2D eigenvalue weighted by atomic mass is 10.1. The van der Waals surface area contributed by atoms with Gasteiger partial charge in [-0.2, -0.15) is 5.10 Å². The molecule has 0 aromatic carbocycles. The number of amides is 2. The Morgan fingerprint density at radius 3 is 2.82 bits per heavy atom. The van der Waals surface area contributed by atoms with Gasteiger partial charge in [-0.1, -0.05) is 0 Å². The number of rotatable bonds is 2. The minimum atomic E-state index is -0.0796. The lowest BCUT2D eigenvalue weighted by Gasteiger charge is -2.38. The molecule has 118 valence electrons. The standard InChI is InChI=1S/C14H20N6O2/c1-18-7-8-20(9-11(18)13-15-5-6-16-13)14(22)10-3-4-12(21)19(2)17-10/h5-6,11H,3-4,7-9H2,1-2H3,(H,15,16)/t11-/m1/s1. The first-order valence-electron chi connectivity index (χ1n) is 7.39. The third kappa shape index (κ3) is 2.74. The summed E-state index contributed by atoms with van der Waals surface area (Å²) in [4.78, 5) is 35.5. The van der Waals surface area contributed by atoms with Gasteiger partial charge >= 0.3 is 0 Å². The van der Waals surface area contributed by atoms with Gasteiger partial charge in [-0.05, 0) is 7.05 Å².